The Hall–Kier alpha value is -4.73. The van der Waals surface area contributed by atoms with E-state index in [9.17, 15) is 0 Å². The Morgan fingerprint density at radius 3 is 1.84 bits per heavy atom. The Bertz CT molecular complexity index is 1950. The van der Waals surface area contributed by atoms with E-state index in [1.165, 1.54) is 43.2 Å². The molecule has 3 heteroatoms. The number of para-hydroxylation sites is 2. The summed E-state index contributed by atoms with van der Waals surface area (Å²) in [6.45, 7) is 9.30. The average Bonchev–Trinajstić information content (AvgIpc) is 3.06. The molecule has 0 saturated heterocycles. The van der Waals surface area contributed by atoms with Crippen molar-refractivity contribution in [2.24, 2.45) is 0 Å². The van der Waals surface area contributed by atoms with E-state index >= 15 is 0 Å². The largest absolute Gasteiger partial charge is 0.455 e. The van der Waals surface area contributed by atoms with E-state index < -0.39 is 0 Å². The fourth-order valence-electron chi connectivity index (χ4n) is 7.10. The van der Waals surface area contributed by atoms with Crippen molar-refractivity contribution in [1.29, 1.82) is 0 Å². The number of rotatable bonds is 4. The minimum Gasteiger partial charge on any atom is -0.455 e. The van der Waals surface area contributed by atoms with Crippen molar-refractivity contribution in [1.82, 2.24) is 0 Å². The van der Waals surface area contributed by atoms with Gasteiger partial charge < -0.3 is 9.64 Å². The van der Waals surface area contributed by atoms with Crippen LogP contribution in [0.15, 0.2) is 149 Å². The highest BCUT2D eigenvalue weighted by Gasteiger charge is 2.38. The van der Waals surface area contributed by atoms with Crippen molar-refractivity contribution in [3.8, 4) is 22.6 Å². The molecule has 0 spiro atoms. The lowest BCUT2D eigenvalue weighted by molar-refractivity contribution is 0.419. The van der Waals surface area contributed by atoms with Crippen molar-refractivity contribution in [2.45, 2.75) is 48.3 Å². The number of nitrogens with zero attached hydrogens (tertiary/aromatic N) is 1. The SMILES string of the molecule is CC1(C)c2ccccc2Oc2c(N(c3ccc(-c4ccccc4)cc3)c3cccc4c3Sc3ccccc3C4(C)C)cccc21. The van der Waals surface area contributed by atoms with Gasteiger partial charge in [-0.3, -0.25) is 0 Å². The van der Waals surface area contributed by atoms with Gasteiger partial charge in [0.15, 0.2) is 5.75 Å². The molecule has 0 atom stereocenters. The summed E-state index contributed by atoms with van der Waals surface area (Å²) in [5.74, 6) is 1.83. The first-order chi connectivity index (χ1) is 21.8. The predicted molar refractivity (Wildman–Crippen MR) is 188 cm³/mol. The Morgan fingerprint density at radius 1 is 0.489 bits per heavy atom. The predicted octanol–water partition coefficient (Wildman–Crippen LogP) is 12.0. The Kier molecular flexibility index (Phi) is 6.44. The van der Waals surface area contributed by atoms with Gasteiger partial charge >= 0.3 is 0 Å². The van der Waals surface area contributed by atoms with Gasteiger partial charge in [-0.2, -0.15) is 0 Å². The summed E-state index contributed by atoms with van der Waals surface area (Å²) < 4.78 is 6.85. The molecule has 8 rings (SSSR count). The van der Waals surface area contributed by atoms with Crippen LogP contribution in [0, 0.1) is 0 Å². The van der Waals surface area contributed by atoms with Crippen LogP contribution in [0.5, 0.6) is 11.5 Å². The maximum absolute atomic E-state index is 6.85. The van der Waals surface area contributed by atoms with Crippen LogP contribution in [0.25, 0.3) is 11.1 Å². The van der Waals surface area contributed by atoms with Crippen LogP contribution < -0.4 is 9.64 Å². The number of anilines is 3. The summed E-state index contributed by atoms with van der Waals surface area (Å²) in [6, 6.07) is 50.2. The lowest BCUT2D eigenvalue weighted by atomic mass is 9.75. The maximum atomic E-state index is 6.85. The van der Waals surface area contributed by atoms with Crippen molar-refractivity contribution in [2.75, 3.05) is 4.90 Å². The quantitative estimate of drug-likeness (QED) is 0.199. The average molecular weight is 602 g/mol. The molecule has 220 valence electrons. The zero-order valence-electron chi connectivity index (χ0n) is 26.0. The molecule has 2 aliphatic rings. The van der Waals surface area contributed by atoms with Gasteiger partial charge in [0.05, 0.1) is 11.4 Å². The Balaban J connectivity index is 1.36. The molecule has 45 heavy (non-hydrogen) atoms. The number of fused-ring (bicyclic) bond motifs is 4. The number of hydrogen-bond donors (Lipinski definition) is 0. The minimum absolute atomic E-state index is 0.135. The third kappa shape index (κ3) is 4.41. The van der Waals surface area contributed by atoms with Crippen LogP contribution in [0.1, 0.15) is 49.9 Å². The topological polar surface area (TPSA) is 12.5 Å². The van der Waals surface area contributed by atoms with Gasteiger partial charge in [0.2, 0.25) is 0 Å². The van der Waals surface area contributed by atoms with Gasteiger partial charge in [0, 0.05) is 37.4 Å². The molecule has 0 unspecified atom stereocenters. The molecule has 2 heterocycles. The highest BCUT2D eigenvalue weighted by molar-refractivity contribution is 7.99. The molecule has 0 saturated carbocycles. The van der Waals surface area contributed by atoms with E-state index in [1.807, 2.05) is 11.8 Å². The zero-order valence-corrected chi connectivity index (χ0v) is 26.9. The van der Waals surface area contributed by atoms with Crippen molar-refractivity contribution < 1.29 is 4.74 Å². The highest BCUT2D eigenvalue weighted by Crippen LogP contribution is 2.57. The maximum Gasteiger partial charge on any atom is 0.155 e. The van der Waals surface area contributed by atoms with Gasteiger partial charge in [-0.15, -0.1) is 0 Å². The molecule has 0 amide bonds. The molecule has 2 nitrogen and oxygen atoms in total. The molecule has 0 N–H and O–H groups in total. The lowest BCUT2D eigenvalue weighted by Crippen LogP contribution is -2.26. The van der Waals surface area contributed by atoms with E-state index in [0.29, 0.717) is 0 Å². The van der Waals surface area contributed by atoms with E-state index in [4.69, 9.17) is 4.74 Å². The first kappa shape index (κ1) is 27.8. The molecule has 0 radical (unpaired) electrons. The van der Waals surface area contributed by atoms with Gasteiger partial charge in [0.25, 0.3) is 0 Å². The van der Waals surface area contributed by atoms with Crippen LogP contribution in [0.3, 0.4) is 0 Å². The highest BCUT2D eigenvalue weighted by atomic mass is 32.2. The van der Waals surface area contributed by atoms with E-state index in [2.05, 4.69) is 172 Å². The number of hydrogen-bond acceptors (Lipinski definition) is 3. The molecule has 2 aliphatic heterocycles. The molecular formula is C42H35NOS. The second-order valence-electron chi connectivity index (χ2n) is 13.0. The van der Waals surface area contributed by atoms with Crippen molar-refractivity contribution >= 4 is 28.8 Å². The summed E-state index contributed by atoms with van der Waals surface area (Å²) in [6.07, 6.45) is 0. The van der Waals surface area contributed by atoms with E-state index in [0.717, 1.165) is 28.6 Å². The third-order valence-corrected chi connectivity index (χ3v) is 10.8. The van der Waals surface area contributed by atoms with Crippen LogP contribution >= 0.6 is 11.8 Å². The summed E-state index contributed by atoms with van der Waals surface area (Å²) >= 11 is 1.87. The van der Waals surface area contributed by atoms with Crippen LogP contribution in [-0.2, 0) is 10.8 Å². The summed E-state index contributed by atoms with van der Waals surface area (Å²) in [7, 11) is 0. The zero-order chi connectivity index (χ0) is 30.8. The molecule has 0 aliphatic carbocycles. The van der Waals surface area contributed by atoms with Crippen molar-refractivity contribution in [3.05, 3.63) is 162 Å². The summed E-state index contributed by atoms with van der Waals surface area (Å²) in [5.41, 5.74) is 10.4. The minimum atomic E-state index is -0.213. The van der Waals surface area contributed by atoms with Gasteiger partial charge in [-0.1, -0.05) is 143 Å². The standard InChI is InChI=1S/C42H35NOS/c1-41(2)31-16-8-10-22-37(31)44-39-33(41)18-12-20-35(39)43(30-26-24-29(25-27-30)28-14-6-5-7-15-28)36-21-13-19-34-40(36)45-38-23-11-9-17-32(38)42(34,3)4/h5-27H,1-4H3. The fourth-order valence-corrected chi connectivity index (χ4v) is 8.59. The van der Waals surface area contributed by atoms with E-state index in [1.54, 1.807) is 0 Å². The molecule has 0 bridgehead atoms. The number of ether oxygens (including phenoxy) is 1. The normalized spacial score (nSPS) is 15.1. The molecule has 0 fully saturated rings. The second kappa shape index (κ2) is 10.4. The lowest BCUT2D eigenvalue weighted by Gasteiger charge is -2.39. The fraction of sp³-hybridized carbons (Fsp3) is 0.143. The van der Waals surface area contributed by atoms with Crippen LogP contribution in [0.4, 0.5) is 17.1 Å². The molecule has 6 aromatic carbocycles. The second-order valence-corrected chi connectivity index (χ2v) is 14.1. The van der Waals surface area contributed by atoms with E-state index in [-0.39, 0.29) is 10.8 Å². The Labute approximate surface area is 270 Å². The van der Waals surface area contributed by atoms with Gasteiger partial charge in [-0.05, 0) is 58.7 Å². The first-order valence-corrected chi connectivity index (χ1v) is 16.4. The van der Waals surface area contributed by atoms with Crippen LogP contribution in [0.2, 0.25) is 0 Å². The third-order valence-electron chi connectivity index (χ3n) is 9.59. The first-order valence-electron chi connectivity index (χ1n) is 15.6. The van der Waals surface area contributed by atoms with Gasteiger partial charge in [0.1, 0.15) is 5.75 Å². The molecule has 0 aromatic heterocycles. The van der Waals surface area contributed by atoms with Crippen LogP contribution in [-0.4, -0.2) is 0 Å². The monoisotopic (exact) mass is 601 g/mol. The molecule has 6 aromatic rings. The van der Waals surface area contributed by atoms with Crippen molar-refractivity contribution in [3.63, 3.8) is 0 Å². The smallest absolute Gasteiger partial charge is 0.155 e. The Morgan fingerprint density at radius 2 is 1.07 bits per heavy atom. The number of benzene rings is 6. The molecular weight excluding hydrogens is 567 g/mol. The summed E-state index contributed by atoms with van der Waals surface area (Å²) in [5, 5.41) is 0. The van der Waals surface area contributed by atoms with Gasteiger partial charge in [-0.25, -0.2) is 0 Å². The summed E-state index contributed by atoms with van der Waals surface area (Å²) in [4.78, 5) is 5.00.